The van der Waals surface area contributed by atoms with Gasteiger partial charge in [0.25, 0.3) is 0 Å². The molecular weight excluding hydrogens is 519 g/mol. The first-order chi connectivity index (χ1) is 16.2. The Morgan fingerprint density at radius 1 is 0.914 bits per heavy atom. The van der Waals surface area contributed by atoms with E-state index in [2.05, 4.69) is 40.8 Å². The van der Waals surface area contributed by atoms with Crippen LogP contribution in [0.1, 0.15) is 79.1 Å². The van der Waals surface area contributed by atoms with E-state index in [9.17, 15) is 0 Å². The molecule has 3 nitrogen and oxygen atoms in total. The van der Waals surface area contributed by atoms with Gasteiger partial charge in [-0.2, -0.15) is 0 Å². The minimum absolute atomic E-state index is 0.0406. The SMILES string of the molecule is CC(C)(C)[Si](C)(C)O[C@H]1CC[C@H]2[C@@H]3C[C@H]4C(Cl)(Cl)[C@]45CC4(CC[C@]56[C@@H](Cl)[C@]36CC[C@]12C)OCCO4. The number of hydrogen-bond acceptors (Lipinski definition) is 3. The van der Waals surface area contributed by atoms with Crippen molar-refractivity contribution in [3.63, 3.8) is 0 Å². The van der Waals surface area contributed by atoms with Gasteiger partial charge in [-0.25, -0.2) is 0 Å². The Kier molecular flexibility index (Phi) is 4.86. The van der Waals surface area contributed by atoms with Crippen molar-refractivity contribution in [3.05, 3.63) is 0 Å². The molecule has 0 bridgehead atoms. The molecular formula is C28H43Cl3O3Si. The van der Waals surface area contributed by atoms with Crippen LogP contribution in [-0.2, 0) is 13.9 Å². The van der Waals surface area contributed by atoms with Gasteiger partial charge in [0.2, 0.25) is 0 Å². The predicted molar refractivity (Wildman–Crippen MR) is 144 cm³/mol. The van der Waals surface area contributed by atoms with Gasteiger partial charge in [0.05, 0.1) is 19.3 Å². The molecule has 7 heteroatoms. The standard InChI is InChI=1S/C28H43Cl3O3Si/c1-22(2,3)35(5,6)34-20-8-7-17-18-15-19-27(28(19,30)31)16-24(32-13-14-33-24)10-12-26(27)21(29)25(18,26)11-9-23(17,20)4/h17-21H,7-16H2,1-6H3/t17-,18-,19+,20-,21-,23-,25-,26+,27+/m0/s1. The summed E-state index contributed by atoms with van der Waals surface area (Å²) in [6.45, 7) is 15.8. The summed E-state index contributed by atoms with van der Waals surface area (Å²) in [5, 5.41) is 0.407. The molecule has 0 amide bonds. The average Bonchev–Trinajstić information content (AvgIpc) is 3.20. The van der Waals surface area contributed by atoms with Gasteiger partial charge in [-0.1, -0.05) is 27.7 Å². The monoisotopic (exact) mass is 560 g/mol. The van der Waals surface area contributed by atoms with Crippen LogP contribution in [0.2, 0.25) is 18.1 Å². The lowest BCUT2D eigenvalue weighted by Crippen LogP contribution is -2.54. The van der Waals surface area contributed by atoms with Gasteiger partial charge in [-0.15, -0.1) is 34.8 Å². The first kappa shape index (κ1) is 25.0. The Morgan fingerprint density at radius 2 is 1.60 bits per heavy atom. The molecule has 0 unspecified atom stereocenters. The molecule has 1 heterocycles. The van der Waals surface area contributed by atoms with Crippen LogP contribution in [0.4, 0.5) is 0 Å². The minimum Gasteiger partial charge on any atom is -0.413 e. The molecule has 9 atom stereocenters. The Balaban J connectivity index is 1.23. The van der Waals surface area contributed by atoms with Crippen LogP contribution in [0.15, 0.2) is 0 Å². The first-order valence-electron chi connectivity index (χ1n) is 14.1. The summed E-state index contributed by atoms with van der Waals surface area (Å²) in [6, 6.07) is 0. The smallest absolute Gasteiger partial charge is 0.192 e. The highest BCUT2D eigenvalue weighted by Crippen LogP contribution is 3.00. The van der Waals surface area contributed by atoms with E-state index in [0.717, 1.165) is 25.7 Å². The third kappa shape index (κ3) is 2.55. The minimum atomic E-state index is -1.83. The van der Waals surface area contributed by atoms with E-state index in [-0.39, 0.29) is 32.1 Å². The van der Waals surface area contributed by atoms with E-state index < -0.39 is 18.4 Å². The fraction of sp³-hybridized carbons (Fsp3) is 1.00. The summed E-state index contributed by atoms with van der Waals surface area (Å²) in [7, 11) is -1.83. The van der Waals surface area contributed by atoms with Gasteiger partial charge in [0, 0.05) is 35.0 Å². The summed E-state index contributed by atoms with van der Waals surface area (Å²) < 4.78 is 18.9. The van der Waals surface area contributed by atoms with Crippen LogP contribution in [-0.4, -0.2) is 43.1 Å². The van der Waals surface area contributed by atoms with Gasteiger partial charge < -0.3 is 13.9 Å². The zero-order valence-corrected chi connectivity index (χ0v) is 25.6. The fourth-order valence-electron chi connectivity index (χ4n) is 10.8. The lowest BCUT2D eigenvalue weighted by molar-refractivity contribution is -0.217. The Morgan fingerprint density at radius 3 is 2.26 bits per heavy atom. The molecule has 1 aliphatic heterocycles. The lowest BCUT2D eigenvalue weighted by Gasteiger charge is -2.56. The molecule has 7 rings (SSSR count). The highest BCUT2D eigenvalue weighted by atomic mass is 35.5. The topological polar surface area (TPSA) is 27.7 Å². The highest BCUT2D eigenvalue weighted by Gasteiger charge is 3.00. The van der Waals surface area contributed by atoms with Crippen molar-refractivity contribution >= 4 is 43.1 Å². The van der Waals surface area contributed by atoms with Crippen molar-refractivity contribution in [2.45, 2.75) is 119 Å². The average molecular weight is 562 g/mol. The maximum atomic E-state index is 7.54. The zero-order chi connectivity index (χ0) is 25.1. The first-order valence-corrected chi connectivity index (χ1v) is 18.2. The second-order valence-electron chi connectivity index (χ2n) is 15.2. The molecule has 6 aliphatic carbocycles. The summed E-state index contributed by atoms with van der Waals surface area (Å²) in [5.41, 5.74) is 0.291. The van der Waals surface area contributed by atoms with Gasteiger partial charge >= 0.3 is 0 Å². The lowest BCUT2D eigenvalue weighted by atomic mass is 9.50. The van der Waals surface area contributed by atoms with Crippen molar-refractivity contribution < 1.29 is 13.9 Å². The number of fused-ring (bicyclic) bond motifs is 2. The third-order valence-corrected chi connectivity index (χ3v) is 20.0. The molecule has 0 aromatic rings. The van der Waals surface area contributed by atoms with Crippen molar-refractivity contribution in [2.75, 3.05) is 13.2 Å². The second kappa shape index (κ2) is 6.81. The molecule has 1 saturated heterocycles. The van der Waals surface area contributed by atoms with E-state index in [4.69, 9.17) is 48.7 Å². The Hall–Kier alpha value is 0.967. The number of rotatable bonds is 2. The molecule has 7 aliphatic rings. The van der Waals surface area contributed by atoms with E-state index in [0.29, 0.717) is 37.1 Å². The second-order valence-corrected chi connectivity index (χ2v) is 21.8. The van der Waals surface area contributed by atoms with Crippen LogP contribution in [0.25, 0.3) is 0 Å². The molecule has 0 N–H and O–H groups in total. The van der Waals surface area contributed by atoms with Crippen molar-refractivity contribution in [2.24, 2.45) is 39.4 Å². The van der Waals surface area contributed by atoms with E-state index >= 15 is 0 Å². The molecule has 198 valence electrons. The van der Waals surface area contributed by atoms with Gasteiger partial charge in [-0.05, 0) is 79.3 Å². The number of ether oxygens (including phenoxy) is 2. The van der Waals surface area contributed by atoms with Crippen molar-refractivity contribution in [1.82, 2.24) is 0 Å². The molecule has 7 fully saturated rings. The van der Waals surface area contributed by atoms with Crippen LogP contribution in [0.3, 0.4) is 0 Å². The molecule has 6 saturated carbocycles. The van der Waals surface area contributed by atoms with Gasteiger partial charge in [0.15, 0.2) is 14.1 Å². The normalized spacial score (nSPS) is 54.9. The van der Waals surface area contributed by atoms with Gasteiger partial charge in [-0.3, -0.25) is 0 Å². The highest BCUT2D eigenvalue weighted by molar-refractivity contribution is 6.74. The van der Waals surface area contributed by atoms with E-state index in [1.54, 1.807) is 0 Å². The van der Waals surface area contributed by atoms with Crippen molar-refractivity contribution in [3.8, 4) is 0 Å². The summed E-state index contributed by atoms with van der Waals surface area (Å²) in [4.78, 5) is 0. The summed E-state index contributed by atoms with van der Waals surface area (Å²) in [5.74, 6) is 1.08. The summed E-state index contributed by atoms with van der Waals surface area (Å²) in [6.07, 6.45) is 9.15. The molecule has 35 heavy (non-hydrogen) atoms. The zero-order valence-electron chi connectivity index (χ0n) is 22.3. The van der Waals surface area contributed by atoms with E-state index in [1.165, 1.54) is 25.7 Å². The van der Waals surface area contributed by atoms with Crippen LogP contribution in [0, 0.1) is 39.4 Å². The van der Waals surface area contributed by atoms with E-state index in [1.807, 2.05) is 0 Å². The van der Waals surface area contributed by atoms with Crippen LogP contribution >= 0.6 is 34.8 Å². The largest absolute Gasteiger partial charge is 0.413 e. The molecule has 0 radical (unpaired) electrons. The number of hydrogen-bond donors (Lipinski definition) is 0. The molecule has 4 spiro atoms. The van der Waals surface area contributed by atoms with Gasteiger partial charge in [0.1, 0.15) is 4.33 Å². The maximum absolute atomic E-state index is 7.54. The van der Waals surface area contributed by atoms with Crippen LogP contribution < -0.4 is 0 Å². The third-order valence-electron chi connectivity index (χ3n) is 13.5. The predicted octanol–water partition coefficient (Wildman–Crippen LogP) is 7.92. The fourth-order valence-corrected chi connectivity index (χ4v) is 14.3. The quantitative estimate of drug-likeness (QED) is 0.253. The number of halogens is 3. The van der Waals surface area contributed by atoms with Crippen LogP contribution in [0.5, 0.6) is 0 Å². The van der Waals surface area contributed by atoms with Crippen molar-refractivity contribution in [1.29, 1.82) is 0 Å². The summed E-state index contributed by atoms with van der Waals surface area (Å²) >= 11 is 22.1. The Bertz CT molecular complexity index is 960. The maximum Gasteiger partial charge on any atom is 0.192 e. The molecule has 0 aromatic carbocycles. The number of alkyl halides is 3. The Labute approximate surface area is 227 Å². The molecule has 0 aromatic heterocycles.